The predicted octanol–water partition coefficient (Wildman–Crippen LogP) is 1.90. The molecule has 0 bridgehead atoms. The summed E-state index contributed by atoms with van der Waals surface area (Å²) >= 11 is 0. The van der Waals surface area contributed by atoms with Gasteiger partial charge in [0.1, 0.15) is 11.7 Å². The number of carbonyl (C=O) groups is 1. The fourth-order valence-electron chi connectivity index (χ4n) is 3.84. The van der Waals surface area contributed by atoms with Gasteiger partial charge in [0.15, 0.2) is 5.43 Å². The summed E-state index contributed by atoms with van der Waals surface area (Å²) in [6, 6.07) is 2.89. The molecule has 1 aromatic rings. The van der Waals surface area contributed by atoms with Crippen molar-refractivity contribution in [3.8, 4) is 0 Å². The maximum absolute atomic E-state index is 12.3. The normalized spacial score (nSPS) is 21.9. The first kappa shape index (κ1) is 19.9. The lowest BCUT2D eigenvalue weighted by Crippen LogP contribution is -2.47. The van der Waals surface area contributed by atoms with Crippen LogP contribution in [0.15, 0.2) is 23.1 Å². The van der Waals surface area contributed by atoms with Gasteiger partial charge in [-0.15, -0.1) is 0 Å². The highest BCUT2D eigenvalue weighted by Gasteiger charge is 2.50. The predicted molar refractivity (Wildman–Crippen MR) is 98.8 cm³/mol. The van der Waals surface area contributed by atoms with Gasteiger partial charge in [0.25, 0.3) is 10.1 Å². The fraction of sp³-hybridized carbons (Fsp3) is 0.667. The maximum Gasteiger partial charge on any atom is 0.410 e. The molecule has 3 heterocycles. The van der Waals surface area contributed by atoms with E-state index in [4.69, 9.17) is 8.92 Å². The van der Waals surface area contributed by atoms with Crippen molar-refractivity contribution in [2.75, 3.05) is 19.3 Å². The van der Waals surface area contributed by atoms with Crippen molar-refractivity contribution >= 4 is 16.2 Å². The zero-order chi connectivity index (χ0) is 20.0. The van der Waals surface area contributed by atoms with Crippen LogP contribution in [0.2, 0.25) is 0 Å². The number of piperidine rings is 1. The van der Waals surface area contributed by atoms with Crippen molar-refractivity contribution < 1.29 is 22.1 Å². The van der Waals surface area contributed by atoms with Gasteiger partial charge in [0.05, 0.1) is 11.9 Å². The van der Waals surface area contributed by atoms with Gasteiger partial charge in [-0.25, -0.2) is 4.79 Å². The second kappa shape index (κ2) is 6.63. The summed E-state index contributed by atoms with van der Waals surface area (Å²) in [6.45, 7) is 6.88. The number of rotatable bonds is 2. The number of amides is 1. The number of likely N-dealkylation sites (tertiary alicyclic amines) is 1. The summed E-state index contributed by atoms with van der Waals surface area (Å²) in [6.07, 6.45) is 2.70. The van der Waals surface area contributed by atoms with Crippen LogP contribution in [0, 0.1) is 5.41 Å². The summed E-state index contributed by atoms with van der Waals surface area (Å²) in [7, 11) is -3.71. The van der Waals surface area contributed by atoms with Crippen LogP contribution in [0.5, 0.6) is 0 Å². The molecule has 2 aliphatic rings. The summed E-state index contributed by atoms with van der Waals surface area (Å²) < 4.78 is 36.4. The molecule has 27 heavy (non-hydrogen) atoms. The molecule has 9 heteroatoms. The van der Waals surface area contributed by atoms with Crippen LogP contribution in [-0.4, -0.2) is 48.9 Å². The Bertz CT molecular complexity index is 891. The summed E-state index contributed by atoms with van der Waals surface area (Å²) in [5.41, 5.74) is -0.675. The van der Waals surface area contributed by atoms with E-state index in [0.717, 1.165) is 6.26 Å². The highest BCUT2D eigenvalue weighted by Crippen LogP contribution is 2.51. The molecule has 1 fully saturated rings. The molecule has 1 aromatic heterocycles. The van der Waals surface area contributed by atoms with Crippen LogP contribution in [0.25, 0.3) is 0 Å². The smallest absolute Gasteiger partial charge is 0.410 e. The molecule has 1 amide bonds. The highest BCUT2D eigenvalue weighted by atomic mass is 32.2. The Morgan fingerprint density at radius 1 is 1.26 bits per heavy atom. The Morgan fingerprint density at radius 3 is 2.44 bits per heavy atom. The third-order valence-corrected chi connectivity index (χ3v) is 5.57. The standard InChI is InChI=1S/C18H26N2O6S/c1-17(2,3)25-16(22)19-9-6-18(7-10-19)12-20-8-5-13(21)11-14(20)15(18)26-27(4,23)24/h5,8,11,15H,6-7,9-10,12H2,1-4H3. The summed E-state index contributed by atoms with van der Waals surface area (Å²) in [4.78, 5) is 25.8. The van der Waals surface area contributed by atoms with E-state index in [1.165, 1.54) is 12.1 Å². The Hall–Kier alpha value is -1.87. The van der Waals surface area contributed by atoms with E-state index in [1.54, 1.807) is 11.1 Å². The Kier molecular flexibility index (Phi) is 4.88. The number of ether oxygens (including phenoxy) is 1. The van der Waals surface area contributed by atoms with Crippen LogP contribution in [0.1, 0.15) is 45.4 Å². The molecule has 0 aromatic carbocycles. The van der Waals surface area contributed by atoms with Crippen LogP contribution in [0.4, 0.5) is 4.79 Å². The van der Waals surface area contributed by atoms with Crippen LogP contribution in [0.3, 0.4) is 0 Å². The van der Waals surface area contributed by atoms with Crippen molar-refractivity contribution in [3.63, 3.8) is 0 Å². The van der Waals surface area contributed by atoms with Gasteiger partial charge < -0.3 is 14.2 Å². The molecule has 1 saturated heterocycles. The van der Waals surface area contributed by atoms with Crippen molar-refractivity contribution in [2.24, 2.45) is 5.41 Å². The van der Waals surface area contributed by atoms with Crippen LogP contribution < -0.4 is 5.43 Å². The van der Waals surface area contributed by atoms with Gasteiger partial charge in [-0.05, 0) is 33.6 Å². The van der Waals surface area contributed by atoms with E-state index in [2.05, 4.69) is 0 Å². The molecule has 8 nitrogen and oxygen atoms in total. The lowest BCUT2D eigenvalue weighted by Gasteiger charge is -2.41. The quantitative estimate of drug-likeness (QED) is 0.706. The largest absolute Gasteiger partial charge is 0.444 e. The van der Waals surface area contributed by atoms with Gasteiger partial charge in [-0.1, -0.05) is 0 Å². The molecule has 3 rings (SSSR count). The Balaban J connectivity index is 1.83. The number of hydrogen-bond acceptors (Lipinski definition) is 6. The minimum absolute atomic E-state index is 0.188. The molecule has 0 radical (unpaired) electrons. The van der Waals surface area contributed by atoms with Crippen molar-refractivity contribution in [1.29, 1.82) is 0 Å². The van der Waals surface area contributed by atoms with Gasteiger partial charge >= 0.3 is 6.09 Å². The number of pyridine rings is 1. The summed E-state index contributed by atoms with van der Waals surface area (Å²) in [5, 5.41) is 0. The van der Waals surface area contributed by atoms with Gasteiger partial charge in [0, 0.05) is 43.4 Å². The molecule has 2 aliphatic heterocycles. The van der Waals surface area contributed by atoms with Crippen molar-refractivity contribution in [2.45, 2.75) is 51.9 Å². The molecule has 150 valence electrons. The van der Waals surface area contributed by atoms with Gasteiger partial charge in [0.2, 0.25) is 0 Å². The lowest BCUT2D eigenvalue weighted by molar-refractivity contribution is -0.0165. The van der Waals surface area contributed by atoms with Crippen molar-refractivity contribution in [3.05, 3.63) is 34.2 Å². The first-order chi connectivity index (χ1) is 12.4. The minimum atomic E-state index is -3.71. The maximum atomic E-state index is 12.3. The molecule has 0 saturated carbocycles. The average Bonchev–Trinajstić information content (AvgIpc) is 2.78. The van der Waals surface area contributed by atoms with Gasteiger partial charge in [-0.2, -0.15) is 8.42 Å². The Labute approximate surface area is 159 Å². The van der Waals surface area contributed by atoms with Crippen molar-refractivity contribution in [1.82, 2.24) is 9.47 Å². The second-order valence-electron chi connectivity index (χ2n) is 8.43. The highest BCUT2D eigenvalue weighted by molar-refractivity contribution is 7.86. The van der Waals surface area contributed by atoms with Crippen LogP contribution >= 0.6 is 0 Å². The fourth-order valence-corrected chi connectivity index (χ4v) is 4.49. The van der Waals surface area contributed by atoms with E-state index in [9.17, 15) is 18.0 Å². The number of carbonyl (C=O) groups excluding carboxylic acids is 1. The second-order valence-corrected chi connectivity index (χ2v) is 10.0. The zero-order valence-electron chi connectivity index (χ0n) is 16.1. The molecular formula is C18H26N2O6S. The third kappa shape index (κ3) is 4.35. The number of fused-ring (bicyclic) bond motifs is 1. The topological polar surface area (TPSA) is 94.9 Å². The Morgan fingerprint density at radius 2 is 1.89 bits per heavy atom. The minimum Gasteiger partial charge on any atom is -0.444 e. The lowest BCUT2D eigenvalue weighted by atomic mass is 9.75. The van der Waals surface area contributed by atoms with E-state index in [-0.39, 0.29) is 11.5 Å². The van der Waals surface area contributed by atoms with E-state index in [1.807, 2.05) is 25.3 Å². The molecule has 0 aliphatic carbocycles. The molecule has 0 N–H and O–H groups in total. The zero-order valence-corrected chi connectivity index (χ0v) is 16.9. The van der Waals surface area contributed by atoms with Crippen LogP contribution in [-0.2, 0) is 25.6 Å². The first-order valence-electron chi connectivity index (χ1n) is 8.95. The monoisotopic (exact) mass is 398 g/mol. The number of nitrogens with zero attached hydrogens (tertiary/aromatic N) is 2. The SMILES string of the molecule is CC(C)(C)OC(=O)N1CCC2(CC1)Cn1ccc(=O)cc1C2OS(C)(=O)=O. The third-order valence-electron chi connectivity index (χ3n) is 5.03. The number of hydrogen-bond donors (Lipinski definition) is 0. The molecule has 1 atom stereocenters. The molecular weight excluding hydrogens is 372 g/mol. The first-order valence-corrected chi connectivity index (χ1v) is 10.8. The number of aromatic nitrogens is 1. The van der Waals surface area contributed by atoms with Gasteiger partial charge in [-0.3, -0.25) is 8.98 Å². The van der Waals surface area contributed by atoms with E-state index >= 15 is 0 Å². The average molecular weight is 398 g/mol. The molecule has 1 spiro atoms. The van der Waals surface area contributed by atoms with E-state index < -0.39 is 27.2 Å². The summed E-state index contributed by atoms with van der Waals surface area (Å²) in [5.74, 6) is 0. The molecule has 1 unspecified atom stereocenters. The van der Waals surface area contributed by atoms with E-state index in [0.29, 0.717) is 38.2 Å².